The summed E-state index contributed by atoms with van der Waals surface area (Å²) in [7, 11) is 0. The molecule has 0 radical (unpaired) electrons. The smallest absolute Gasteiger partial charge is 0.254 e. The highest BCUT2D eigenvalue weighted by atomic mass is 16.2. The standard InChI is InChI=1S/C23H26N4O/c1-4-17-10-8-9-13-19(17)23(28)26-14-15-27-22(20(26)16(2)3)24-21(25-27)18-11-6-5-7-12-18/h5-13,16,20H,4,14-15H2,1-3H3/t20-/m0/s1. The second kappa shape index (κ2) is 7.58. The van der Waals surface area contributed by atoms with E-state index >= 15 is 0 Å². The number of aromatic nitrogens is 3. The molecule has 1 aliphatic heterocycles. The maximum absolute atomic E-state index is 13.4. The van der Waals surface area contributed by atoms with Gasteiger partial charge in [0.1, 0.15) is 0 Å². The quantitative estimate of drug-likeness (QED) is 0.682. The summed E-state index contributed by atoms with van der Waals surface area (Å²) in [5, 5.41) is 4.72. The van der Waals surface area contributed by atoms with Gasteiger partial charge in [-0.3, -0.25) is 4.79 Å². The van der Waals surface area contributed by atoms with Crippen LogP contribution in [0.15, 0.2) is 54.6 Å². The van der Waals surface area contributed by atoms with E-state index in [1.54, 1.807) is 0 Å². The molecule has 0 fully saturated rings. The van der Waals surface area contributed by atoms with Crippen molar-refractivity contribution >= 4 is 5.91 Å². The fourth-order valence-corrected chi connectivity index (χ4v) is 4.01. The molecule has 5 heteroatoms. The molecule has 144 valence electrons. The molecule has 0 saturated heterocycles. The van der Waals surface area contributed by atoms with E-state index in [0.717, 1.165) is 34.8 Å². The van der Waals surface area contributed by atoms with Gasteiger partial charge in [-0.1, -0.05) is 69.3 Å². The van der Waals surface area contributed by atoms with Crippen LogP contribution in [0, 0.1) is 5.92 Å². The summed E-state index contributed by atoms with van der Waals surface area (Å²) in [4.78, 5) is 20.3. The number of aryl methyl sites for hydroxylation is 1. The van der Waals surface area contributed by atoms with Gasteiger partial charge in [-0.25, -0.2) is 9.67 Å². The molecule has 1 amide bonds. The predicted octanol–water partition coefficient (Wildman–Crippen LogP) is 4.36. The molecular formula is C23H26N4O. The van der Waals surface area contributed by atoms with Crippen LogP contribution >= 0.6 is 0 Å². The lowest BCUT2D eigenvalue weighted by Gasteiger charge is -2.37. The van der Waals surface area contributed by atoms with Crippen LogP contribution in [0.1, 0.15) is 48.6 Å². The first-order valence-electron chi connectivity index (χ1n) is 9.99. The third kappa shape index (κ3) is 3.21. The lowest BCUT2D eigenvalue weighted by Crippen LogP contribution is -2.44. The lowest BCUT2D eigenvalue weighted by molar-refractivity contribution is 0.0535. The summed E-state index contributed by atoms with van der Waals surface area (Å²) in [6.07, 6.45) is 0.844. The zero-order valence-electron chi connectivity index (χ0n) is 16.7. The lowest BCUT2D eigenvalue weighted by atomic mass is 9.97. The minimum atomic E-state index is -0.0869. The Hall–Kier alpha value is -2.95. The Morgan fingerprint density at radius 2 is 1.79 bits per heavy atom. The molecule has 2 aromatic carbocycles. The van der Waals surface area contributed by atoms with Gasteiger partial charge in [0.25, 0.3) is 5.91 Å². The van der Waals surface area contributed by atoms with Crippen molar-refractivity contribution in [3.8, 4) is 11.4 Å². The van der Waals surface area contributed by atoms with Crippen molar-refractivity contribution in [1.29, 1.82) is 0 Å². The van der Waals surface area contributed by atoms with E-state index in [1.165, 1.54) is 0 Å². The molecule has 28 heavy (non-hydrogen) atoms. The maximum Gasteiger partial charge on any atom is 0.254 e. The number of hydrogen-bond acceptors (Lipinski definition) is 3. The number of nitrogens with zero attached hydrogens (tertiary/aromatic N) is 4. The van der Waals surface area contributed by atoms with Gasteiger partial charge in [-0.2, -0.15) is 5.10 Å². The normalized spacial score (nSPS) is 16.3. The predicted molar refractivity (Wildman–Crippen MR) is 110 cm³/mol. The second-order valence-electron chi connectivity index (χ2n) is 7.58. The molecule has 0 spiro atoms. The number of carbonyl (C=O) groups excluding carboxylic acids is 1. The molecule has 4 rings (SSSR count). The Kier molecular flexibility index (Phi) is 4.99. The molecule has 1 atom stereocenters. The number of amides is 1. The molecule has 0 aliphatic carbocycles. The van der Waals surface area contributed by atoms with Crippen LogP contribution < -0.4 is 0 Å². The third-order valence-electron chi connectivity index (χ3n) is 5.41. The van der Waals surface area contributed by atoms with E-state index in [1.807, 2.05) is 64.2 Å². The number of carbonyl (C=O) groups is 1. The van der Waals surface area contributed by atoms with Crippen molar-refractivity contribution in [2.45, 2.75) is 39.8 Å². The van der Waals surface area contributed by atoms with E-state index < -0.39 is 0 Å². The van der Waals surface area contributed by atoms with Crippen LogP contribution in [0.25, 0.3) is 11.4 Å². The van der Waals surface area contributed by atoms with Crippen LogP contribution in [0.2, 0.25) is 0 Å². The molecule has 0 N–H and O–H groups in total. The van der Waals surface area contributed by atoms with Gasteiger partial charge >= 0.3 is 0 Å². The van der Waals surface area contributed by atoms with Crippen molar-refractivity contribution < 1.29 is 4.79 Å². The first-order chi connectivity index (χ1) is 13.6. The van der Waals surface area contributed by atoms with Gasteiger partial charge in [0.05, 0.1) is 12.6 Å². The average molecular weight is 374 g/mol. The monoisotopic (exact) mass is 374 g/mol. The second-order valence-corrected chi connectivity index (χ2v) is 7.58. The van der Waals surface area contributed by atoms with E-state index in [0.29, 0.717) is 13.1 Å². The average Bonchev–Trinajstić information content (AvgIpc) is 3.17. The van der Waals surface area contributed by atoms with Crippen LogP contribution in [0.5, 0.6) is 0 Å². The van der Waals surface area contributed by atoms with Crippen molar-refractivity contribution in [3.63, 3.8) is 0 Å². The molecule has 1 aromatic heterocycles. The summed E-state index contributed by atoms with van der Waals surface area (Å²) in [5.74, 6) is 1.93. The number of rotatable bonds is 4. The molecular weight excluding hydrogens is 348 g/mol. The minimum absolute atomic E-state index is 0.0869. The third-order valence-corrected chi connectivity index (χ3v) is 5.41. The largest absolute Gasteiger partial charge is 0.326 e. The van der Waals surface area contributed by atoms with Gasteiger partial charge < -0.3 is 4.90 Å². The Morgan fingerprint density at radius 1 is 1.07 bits per heavy atom. The van der Waals surface area contributed by atoms with Gasteiger partial charge in [0, 0.05) is 17.7 Å². The molecule has 0 unspecified atom stereocenters. The zero-order chi connectivity index (χ0) is 19.7. The number of benzene rings is 2. The topological polar surface area (TPSA) is 51.0 Å². The first kappa shape index (κ1) is 18.4. The first-order valence-corrected chi connectivity index (χ1v) is 9.99. The van der Waals surface area contributed by atoms with Crippen LogP contribution in [-0.4, -0.2) is 32.1 Å². The highest BCUT2D eigenvalue weighted by molar-refractivity contribution is 5.96. The Morgan fingerprint density at radius 3 is 2.50 bits per heavy atom. The molecule has 1 aliphatic rings. The van der Waals surface area contributed by atoms with Gasteiger partial charge in [0.15, 0.2) is 11.6 Å². The van der Waals surface area contributed by atoms with Gasteiger partial charge in [0.2, 0.25) is 0 Å². The van der Waals surface area contributed by atoms with Crippen molar-refractivity contribution in [3.05, 3.63) is 71.5 Å². The van der Waals surface area contributed by atoms with Crippen LogP contribution in [-0.2, 0) is 13.0 Å². The van der Waals surface area contributed by atoms with Gasteiger partial charge in [-0.15, -0.1) is 0 Å². The SMILES string of the molecule is CCc1ccccc1C(=O)N1CCn2nc(-c3ccccc3)nc2[C@@H]1C(C)C. The van der Waals surface area contributed by atoms with E-state index in [9.17, 15) is 4.79 Å². The Balaban J connectivity index is 1.72. The highest BCUT2D eigenvalue weighted by Crippen LogP contribution is 2.33. The molecule has 2 heterocycles. The summed E-state index contributed by atoms with van der Waals surface area (Å²) in [6, 6.07) is 17.8. The minimum Gasteiger partial charge on any atom is -0.326 e. The fraction of sp³-hybridized carbons (Fsp3) is 0.348. The van der Waals surface area contributed by atoms with E-state index in [-0.39, 0.29) is 17.9 Å². The number of fused-ring (bicyclic) bond motifs is 1. The Labute approximate surface area is 166 Å². The van der Waals surface area contributed by atoms with Crippen molar-refractivity contribution in [2.75, 3.05) is 6.54 Å². The van der Waals surface area contributed by atoms with E-state index in [4.69, 9.17) is 10.1 Å². The molecule has 3 aromatic rings. The van der Waals surface area contributed by atoms with Crippen molar-refractivity contribution in [2.24, 2.45) is 5.92 Å². The van der Waals surface area contributed by atoms with Crippen LogP contribution in [0.3, 0.4) is 0 Å². The summed E-state index contributed by atoms with van der Waals surface area (Å²) >= 11 is 0. The summed E-state index contributed by atoms with van der Waals surface area (Å²) in [5.41, 5.74) is 2.89. The summed E-state index contributed by atoms with van der Waals surface area (Å²) < 4.78 is 1.97. The number of hydrogen-bond donors (Lipinski definition) is 0. The zero-order valence-corrected chi connectivity index (χ0v) is 16.7. The van der Waals surface area contributed by atoms with Gasteiger partial charge in [-0.05, 0) is 24.0 Å². The summed E-state index contributed by atoms with van der Waals surface area (Å²) in [6.45, 7) is 7.68. The molecule has 0 bridgehead atoms. The van der Waals surface area contributed by atoms with Crippen molar-refractivity contribution in [1.82, 2.24) is 19.7 Å². The molecule has 0 saturated carbocycles. The van der Waals surface area contributed by atoms with E-state index in [2.05, 4.69) is 20.8 Å². The maximum atomic E-state index is 13.4. The fourth-order valence-electron chi connectivity index (χ4n) is 4.01. The molecule has 5 nitrogen and oxygen atoms in total. The Bertz CT molecular complexity index is 977. The highest BCUT2D eigenvalue weighted by Gasteiger charge is 2.36. The van der Waals surface area contributed by atoms with Crippen LogP contribution in [0.4, 0.5) is 0 Å².